The largest absolute Gasteiger partial charge is 0.493 e. The quantitative estimate of drug-likeness (QED) is 0.543. The lowest BCUT2D eigenvalue weighted by Crippen LogP contribution is -2.45. The highest BCUT2D eigenvalue weighted by molar-refractivity contribution is 6.01. The van der Waals surface area contributed by atoms with Crippen molar-refractivity contribution in [2.24, 2.45) is 0 Å². The first-order valence-corrected chi connectivity index (χ1v) is 8.27. The fraction of sp³-hybridized carbons (Fsp3) is 0.556. The summed E-state index contributed by atoms with van der Waals surface area (Å²) < 4.78 is 11.0. The molecule has 0 aromatic heterocycles. The van der Waals surface area contributed by atoms with E-state index in [4.69, 9.17) is 9.47 Å². The van der Waals surface area contributed by atoms with Gasteiger partial charge in [-0.05, 0) is 25.5 Å². The van der Waals surface area contributed by atoms with Crippen molar-refractivity contribution in [1.29, 1.82) is 0 Å². The Balaban J connectivity index is 2.25. The summed E-state index contributed by atoms with van der Waals surface area (Å²) in [6.07, 6.45) is 5.82. The van der Waals surface area contributed by atoms with Gasteiger partial charge < -0.3 is 14.4 Å². The molecule has 0 radical (unpaired) electrons. The summed E-state index contributed by atoms with van der Waals surface area (Å²) in [5, 5.41) is 0. The summed E-state index contributed by atoms with van der Waals surface area (Å²) in [6.45, 7) is 4.55. The average Bonchev–Trinajstić information content (AvgIpc) is 2.57. The third kappa shape index (κ3) is 3.84. The molecule has 1 atom stereocenters. The topological polar surface area (TPSA) is 55.8 Å². The van der Waals surface area contributed by atoms with Crippen LogP contribution in [0.5, 0.6) is 11.5 Å². The minimum absolute atomic E-state index is 0.0712. The van der Waals surface area contributed by atoms with Gasteiger partial charge in [0.25, 0.3) is 5.91 Å². The van der Waals surface area contributed by atoms with E-state index in [0.29, 0.717) is 29.3 Å². The van der Waals surface area contributed by atoms with Crippen LogP contribution in [0.3, 0.4) is 0 Å². The number of hydrogen-bond donors (Lipinski definition) is 0. The normalized spacial score (nSPS) is 16.7. The van der Waals surface area contributed by atoms with Gasteiger partial charge in [0.2, 0.25) is 0 Å². The number of rotatable bonds is 8. The number of unbranched alkanes of at least 4 members (excludes halogenated alkanes) is 4. The second kappa shape index (κ2) is 7.99. The van der Waals surface area contributed by atoms with Crippen molar-refractivity contribution < 1.29 is 19.1 Å². The summed E-state index contributed by atoms with van der Waals surface area (Å²) in [5.74, 6) is 0.955. The van der Waals surface area contributed by atoms with Gasteiger partial charge in [-0.15, -0.1) is 0 Å². The second-order valence-corrected chi connectivity index (χ2v) is 5.85. The Hall–Kier alpha value is -2.04. The first-order chi connectivity index (χ1) is 11.1. The minimum Gasteiger partial charge on any atom is -0.493 e. The molecule has 0 N–H and O–H groups in total. The maximum absolute atomic E-state index is 12.5. The number of nitrogens with zero attached hydrogens (tertiary/aromatic N) is 1. The lowest BCUT2D eigenvalue weighted by atomic mass is 10.1. The summed E-state index contributed by atoms with van der Waals surface area (Å²) in [6, 6.07) is 3.33. The Bertz CT molecular complexity index is 570. The van der Waals surface area contributed by atoms with Gasteiger partial charge in [-0.25, -0.2) is 0 Å². The average molecular weight is 319 g/mol. The van der Waals surface area contributed by atoms with Crippen LogP contribution < -0.4 is 14.4 Å². The molecule has 1 unspecified atom stereocenters. The van der Waals surface area contributed by atoms with E-state index in [0.717, 1.165) is 19.1 Å². The number of hydrogen-bond acceptors (Lipinski definition) is 4. The highest BCUT2D eigenvalue weighted by Gasteiger charge is 2.33. The SMILES string of the molecule is CCCCCCCN1C(=O)C(C)Oc2c(OC)cc(C=O)cc21. The molecule has 1 aliphatic heterocycles. The van der Waals surface area contributed by atoms with E-state index in [2.05, 4.69) is 6.92 Å². The number of amides is 1. The monoisotopic (exact) mass is 319 g/mol. The van der Waals surface area contributed by atoms with Crippen LogP contribution in [-0.2, 0) is 4.79 Å². The van der Waals surface area contributed by atoms with Gasteiger partial charge >= 0.3 is 0 Å². The zero-order valence-electron chi connectivity index (χ0n) is 14.1. The Labute approximate surface area is 137 Å². The molecule has 23 heavy (non-hydrogen) atoms. The summed E-state index contributed by atoms with van der Waals surface area (Å²) in [7, 11) is 1.53. The Morgan fingerprint density at radius 3 is 2.65 bits per heavy atom. The number of carbonyl (C=O) groups is 2. The third-order valence-corrected chi connectivity index (χ3v) is 4.10. The van der Waals surface area contributed by atoms with Crippen LogP contribution >= 0.6 is 0 Å². The Morgan fingerprint density at radius 1 is 1.26 bits per heavy atom. The number of aldehydes is 1. The van der Waals surface area contributed by atoms with Gasteiger partial charge in [-0.2, -0.15) is 0 Å². The number of fused-ring (bicyclic) bond motifs is 1. The molecule has 0 saturated carbocycles. The molecular formula is C18H25NO4. The predicted molar refractivity (Wildman–Crippen MR) is 89.6 cm³/mol. The fourth-order valence-electron chi connectivity index (χ4n) is 2.82. The molecule has 1 aromatic rings. The van der Waals surface area contributed by atoms with Crippen molar-refractivity contribution in [3.8, 4) is 11.5 Å². The minimum atomic E-state index is -0.547. The lowest BCUT2D eigenvalue weighted by molar-refractivity contribution is -0.125. The number of benzene rings is 1. The van der Waals surface area contributed by atoms with Crippen LogP contribution in [0.2, 0.25) is 0 Å². The molecule has 2 rings (SSSR count). The van der Waals surface area contributed by atoms with Gasteiger partial charge in [0.05, 0.1) is 12.8 Å². The molecule has 0 fully saturated rings. The van der Waals surface area contributed by atoms with Crippen LogP contribution in [0.25, 0.3) is 0 Å². The Kier molecular flexibility index (Phi) is 6.02. The van der Waals surface area contributed by atoms with Crippen LogP contribution in [-0.4, -0.2) is 32.0 Å². The number of methoxy groups -OCH3 is 1. The first-order valence-electron chi connectivity index (χ1n) is 8.27. The van der Waals surface area contributed by atoms with E-state index < -0.39 is 6.10 Å². The Morgan fingerprint density at radius 2 is 2.00 bits per heavy atom. The maximum atomic E-state index is 12.5. The van der Waals surface area contributed by atoms with Crippen molar-refractivity contribution in [2.75, 3.05) is 18.6 Å². The molecule has 1 heterocycles. The standard InChI is InChI=1S/C18H25NO4/c1-4-5-6-7-8-9-19-15-10-14(12-20)11-16(22-3)17(15)23-13(2)18(19)21/h10-13H,4-9H2,1-3H3. The van der Waals surface area contributed by atoms with Crippen molar-refractivity contribution in [2.45, 2.75) is 52.1 Å². The molecule has 0 bridgehead atoms. The van der Waals surface area contributed by atoms with Crippen LogP contribution in [0.1, 0.15) is 56.3 Å². The zero-order valence-corrected chi connectivity index (χ0v) is 14.1. The number of ether oxygens (including phenoxy) is 2. The molecule has 0 saturated heterocycles. The van der Waals surface area contributed by atoms with E-state index in [-0.39, 0.29) is 5.91 Å². The molecule has 1 aromatic carbocycles. The first kappa shape index (κ1) is 17.3. The highest BCUT2D eigenvalue weighted by Crippen LogP contribution is 2.42. The maximum Gasteiger partial charge on any atom is 0.267 e. The predicted octanol–water partition coefficient (Wildman–Crippen LogP) is 3.59. The highest BCUT2D eigenvalue weighted by atomic mass is 16.5. The number of anilines is 1. The van der Waals surface area contributed by atoms with E-state index in [1.807, 2.05) is 0 Å². The van der Waals surface area contributed by atoms with Crippen LogP contribution in [0.15, 0.2) is 12.1 Å². The van der Waals surface area contributed by atoms with Crippen molar-refractivity contribution in [1.82, 2.24) is 0 Å². The molecule has 0 aliphatic carbocycles. The molecule has 0 spiro atoms. The molecule has 5 nitrogen and oxygen atoms in total. The van der Waals surface area contributed by atoms with Crippen LogP contribution in [0.4, 0.5) is 5.69 Å². The lowest BCUT2D eigenvalue weighted by Gasteiger charge is -2.34. The number of carbonyl (C=O) groups excluding carboxylic acids is 2. The summed E-state index contributed by atoms with van der Waals surface area (Å²) >= 11 is 0. The van der Waals surface area contributed by atoms with Gasteiger partial charge in [0.15, 0.2) is 17.6 Å². The molecular weight excluding hydrogens is 294 g/mol. The summed E-state index contributed by atoms with van der Waals surface area (Å²) in [5.41, 5.74) is 1.10. The third-order valence-electron chi connectivity index (χ3n) is 4.10. The molecule has 1 aliphatic rings. The molecule has 1 amide bonds. The summed E-state index contributed by atoms with van der Waals surface area (Å²) in [4.78, 5) is 25.4. The van der Waals surface area contributed by atoms with Crippen LogP contribution in [0, 0.1) is 0 Å². The van der Waals surface area contributed by atoms with Gasteiger partial charge in [0.1, 0.15) is 6.29 Å². The van der Waals surface area contributed by atoms with Gasteiger partial charge in [0, 0.05) is 12.1 Å². The second-order valence-electron chi connectivity index (χ2n) is 5.85. The van der Waals surface area contributed by atoms with Crippen molar-refractivity contribution in [3.05, 3.63) is 17.7 Å². The van der Waals surface area contributed by atoms with E-state index in [1.165, 1.54) is 26.4 Å². The van der Waals surface area contributed by atoms with E-state index >= 15 is 0 Å². The zero-order chi connectivity index (χ0) is 16.8. The van der Waals surface area contributed by atoms with Gasteiger partial charge in [-0.3, -0.25) is 9.59 Å². The van der Waals surface area contributed by atoms with Crippen molar-refractivity contribution >= 4 is 17.9 Å². The van der Waals surface area contributed by atoms with E-state index in [9.17, 15) is 9.59 Å². The van der Waals surface area contributed by atoms with Crippen molar-refractivity contribution in [3.63, 3.8) is 0 Å². The van der Waals surface area contributed by atoms with E-state index in [1.54, 1.807) is 24.0 Å². The fourth-order valence-corrected chi connectivity index (χ4v) is 2.82. The molecule has 5 heteroatoms. The molecule has 126 valence electrons. The smallest absolute Gasteiger partial charge is 0.267 e. The van der Waals surface area contributed by atoms with Gasteiger partial charge in [-0.1, -0.05) is 32.6 Å².